The van der Waals surface area contributed by atoms with E-state index in [2.05, 4.69) is 4.74 Å². The molecule has 2 aromatic rings. The second-order valence-corrected chi connectivity index (χ2v) is 8.92. The standard InChI is InChI=1S/C16H17ClFN3O7S/c1-27-14(22)2-5-28-13-9-12(11(18)8-10(13)17)21-15(23)19-3-6-29(25,26)7-4-20(19)16(21)24/h8-9H,2-7H2,1H3. The van der Waals surface area contributed by atoms with E-state index in [1.165, 1.54) is 7.11 Å². The fourth-order valence-corrected chi connectivity index (χ4v) is 4.17. The first kappa shape index (κ1) is 21.1. The lowest BCUT2D eigenvalue weighted by molar-refractivity contribution is -0.141. The second-order valence-electron chi connectivity index (χ2n) is 6.21. The van der Waals surface area contributed by atoms with Gasteiger partial charge in [-0.2, -0.15) is 0 Å². The number of rotatable bonds is 5. The van der Waals surface area contributed by atoms with Gasteiger partial charge in [-0.3, -0.25) is 4.79 Å². The van der Waals surface area contributed by atoms with Gasteiger partial charge in [-0.1, -0.05) is 11.6 Å². The van der Waals surface area contributed by atoms with Crippen molar-refractivity contribution < 1.29 is 27.1 Å². The third-order valence-corrected chi connectivity index (χ3v) is 6.28. The average molecular weight is 450 g/mol. The van der Waals surface area contributed by atoms with Gasteiger partial charge in [-0.25, -0.2) is 36.3 Å². The number of ether oxygens (including phenoxy) is 2. The largest absolute Gasteiger partial charge is 0.491 e. The van der Waals surface area contributed by atoms with E-state index in [-0.39, 0.29) is 48.4 Å². The fraction of sp³-hybridized carbons (Fsp3) is 0.438. The first-order valence-electron chi connectivity index (χ1n) is 8.46. The van der Waals surface area contributed by atoms with E-state index in [4.69, 9.17) is 16.3 Å². The second kappa shape index (κ2) is 8.03. The molecule has 13 heteroatoms. The van der Waals surface area contributed by atoms with Crippen LogP contribution in [0.5, 0.6) is 5.75 Å². The molecule has 0 N–H and O–H groups in total. The van der Waals surface area contributed by atoms with Crippen LogP contribution >= 0.6 is 11.6 Å². The fourth-order valence-electron chi connectivity index (χ4n) is 2.86. The SMILES string of the molecule is COC(=O)CCOc1cc(-n2c(=O)n3n(c2=O)CCS(=O)(=O)CC3)c(F)cc1Cl. The van der Waals surface area contributed by atoms with E-state index in [9.17, 15) is 27.2 Å². The quantitative estimate of drug-likeness (QED) is 0.588. The average Bonchev–Trinajstić information content (AvgIpc) is 2.78. The van der Waals surface area contributed by atoms with Crippen LogP contribution in [0, 0.1) is 5.82 Å². The van der Waals surface area contributed by atoms with Crippen LogP contribution in [0.2, 0.25) is 5.02 Å². The Morgan fingerprint density at radius 2 is 1.76 bits per heavy atom. The molecule has 1 aliphatic heterocycles. The van der Waals surface area contributed by atoms with Gasteiger partial charge >= 0.3 is 17.3 Å². The maximum absolute atomic E-state index is 14.5. The molecule has 1 aromatic carbocycles. The zero-order valence-electron chi connectivity index (χ0n) is 15.3. The van der Waals surface area contributed by atoms with Crippen LogP contribution in [0.1, 0.15) is 6.42 Å². The smallest absolute Gasteiger partial charge is 0.351 e. The van der Waals surface area contributed by atoms with Gasteiger partial charge in [0.25, 0.3) is 0 Å². The summed E-state index contributed by atoms with van der Waals surface area (Å²) in [6.07, 6.45) is -0.0862. The topological polar surface area (TPSA) is 119 Å². The Labute approximate surface area is 168 Å². The number of aromatic nitrogens is 3. The highest BCUT2D eigenvalue weighted by Gasteiger charge is 2.26. The number of methoxy groups -OCH3 is 1. The van der Waals surface area contributed by atoms with Gasteiger partial charge < -0.3 is 9.47 Å². The number of hydrogen-bond acceptors (Lipinski definition) is 7. The lowest BCUT2D eigenvalue weighted by Crippen LogP contribution is -2.30. The van der Waals surface area contributed by atoms with E-state index in [1.807, 2.05) is 0 Å². The summed E-state index contributed by atoms with van der Waals surface area (Å²) in [4.78, 5) is 36.6. The maximum Gasteiger partial charge on any atom is 0.351 e. The summed E-state index contributed by atoms with van der Waals surface area (Å²) in [7, 11) is -2.17. The molecule has 29 heavy (non-hydrogen) atoms. The Hall–Kier alpha value is -2.60. The molecule has 0 amide bonds. The van der Waals surface area contributed by atoms with Gasteiger partial charge in [0.05, 0.1) is 55.4 Å². The van der Waals surface area contributed by atoms with Gasteiger partial charge in [0.15, 0.2) is 9.84 Å². The van der Waals surface area contributed by atoms with Crippen LogP contribution in [0.3, 0.4) is 0 Å². The molecule has 0 saturated carbocycles. The van der Waals surface area contributed by atoms with E-state index in [1.54, 1.807) is 0 Å². The molecule has 0 fully saturated rings. The predicted octanol–water partition coefficient (Wildman–Crippen LogP) is -0.0365. The molecule has 0 saturated heterocycles. The monoisotopic (exact) mass is 449 g/mol. The molecular weight excluding hydrogens is 433 g/mol. The first-order valence-corrected chi connectivity index (χ1v) is 10.7. The third-order valence-electron chi connectivity index (χ3n) is 4.38. The Balaban J connectivity index is 2.02. The van der Waals surface area contributed by atoms with Gasteiger partial charge in [-0.05, 0) is 6.07 Å². The number of hydrogen-bond donors (Lipinski definition) is 0. The molecule has 0 radical (unpaired) electrons. The van der Waals surface area contributed by atoms with Crippen LogP contribution in [-0.2, 0) is 32.5 Å². The molecule has 2 heterocycles. The van der Waals surface area contributed by atoms with Crippen molar-refractivity contribution in [2.75, 3.05) is 25.2 Å². The molecule has 10 nitrogen and oxygen atoms in total. The number of carbonyl (C=O) groups excluding carboxylic acids is 1. The van der Waals surface area contributed by atoms with E-state index < -0.39 is 38.7 Å². The molecular formula is C16H17ClFN3O7S. The number of esters is 1. The molecule has 1 aliphatic rings. The summed E-state index contributed by atoms with van der Waals surface area (Å²) in [5, 5.41) is -0.115. The minimum Gasteiger partial charge on any atom is -0.491 e. The zero-order chi connectivity index (χ0) is 21.3. The zero-order valence-corrected chi connectivity index (χ0v) is 16.8. The minimum atomic E-state index is -3.39. The highest BCUT2D eigenvalue weighted by molar-refractivity contribution is 7.91. The molecule has 0 unspecified atom stereocenters. The molecule has 0 atom stereocenters. The maximum atomic E-state index is 14.5. The Kier molecular flexibility index (Phi) is 5.85. The molecule has 0 aliphatic carbocycles. The van der Waals surface area contributed by atoms with Crippen molar-refractivity contribution in [3.8, 4) is 11.4 Å². The van der Waals surface area contributed by atoms with Gasteiger partial charge in [0.2, 0.25) is 0 Å². The highest BCUT2D eigenvalue weighted by Crippen LogP contribution is 2.29. The van der Waals surface area contributed by atoms with E-state index in [0.717, 1.165) is 21.5 Å². The summed E-state index contributed by atoms with van der Waals surface area (Å²) in [6.45, 7) is -0.558. The molecule has 0 bridgehead atoms. The highest BCUT2D eigenvalue weighted by atomic mass is 35.5. The third kappa shape index (κ3) is 4.22. The van der Waals surface area contributed by atoms with Gasteiger partial charge in [-0.15, -0.1) is 0 Å². The lowest BCUT2D eigenvalue weighted by atomic mass is 10.2. The predicted molar refractivity (Wildman–Crippen MR) is 100 cm³/mol. The number of nitrogens with zero attached hydrogens (tertiary/aromatic N) is 3. The number of benzene rings is 1. The minimum absolute atomic E-state index is 0.0350. The summed E-state index contributed by atoms with van der Waals surface area (Å²) in [5.74, 6) is -2.11. The van der Waals surface area contributed by atoms with Gasteiger partial charge in [0, 0.05) is 6.07 Å². The molecule has 1 aromatic heterocycles. The summed E-state index contributed by atoms with van der Waals surface area (Å²) >= 11 is 5.95. The summed E-state index contributed by atoms with van der Waals surface area (Å²) in [6, 6.07) is 1.96. The van der Waals surface area contributed by atoms with Crippen LogP contribution in [0.25, 0.3) is 5.69 Å². The number of halogens is 2. The molecule has 0 spiro atoms. The lowest BCUT2D eigenvalue weighted by Gasteiger charge is -2.10. The van der Waals surface area contributed by atoms with Crippen LogP contribution in [0.15, 0.2) is 21.7 Å². The van der Waals surface area contributed by atoms with Gasteiger partial charge in [0.1, 0.15) is 11.6 Å². The van der Waals surface area contributed by atoms with Crippen molar-refractivity contribution in [2.24, 2.45) is 0 Å². The Morgan fingerprint density at radius 3 is 2.31 bits per heavy atom. The Bertz CT molecular complexity index is 1140. The number of sulfone groups is 1. The van der Waals surface area contributed by atoms with Crippen molar-refractivity contribution in [3.05, 3.63) is 43.9 Å². The summed E-state index contributed by atoms with van der Waals surface area (Å²) in [5.41, 5.74) is -2.16. The van der Waals surface area contributed by atoms with Crippen LogP contribution in [0.4, 0.5) is 4.39 Å². The van der Waals surface area contributed by atoms with E-state index >= 15 is 0 Å². The molecule has 158 valence electrons. The Morgan fingerprint density at radius 1 is 1.17 bits per heavy atom. The number of carbonyl (C=O) groups is 1. The summed E-state index contributed by atoms with van der Waals surface area (Å²) < 4.78 is 50.4. The van der Waals surface area contributed by atoms with Crippen molar-refractivity contribution in [2.45, 2.75) is 19.5 Å². The van der Waals surface area contributed by atoms with Crippen molar-refractivity contribution in [1.82, 2.24) is 13.9 Å². The van der Waals surface area contributed by atoms with Crippen molar-refractivity contribution >= 4 is 27.4 Å². The van der Waals surface area contributed by atoms with E-state index in [0.29, 0.717) is 4.57 Å². The first-order chi connectivity index (χ1) is 13.6. The van der Waals surface area contributed by atoms with Crippen LogP contribution < -0.4 is 16.1 Å². The normalized spacial score (nSPS) is 15.4. The van der Waals surface area contributed by atoms with Crippen molar-refractivity contribution in [3.63, 3.8) is 0 Å². The van der Waals surface area contributed by atoms with Crippen molar-refractivity contribution in [1.29, 1.82) is 0 Å². The molecule has 3 rings (SSSR count). The number of fused-ring (bicyclic) bond motifs is 1. The van der Waals surface area contributed by atoms with Crippen LogP contribution in [-0.4, -0.2) is 53.5 Å².